The zero-order valence-corrected chi connectivity index (χ0v) is 55.8. The molecule has 10 rings (SSSR count). The van der Waals surface area contributed by atoms with Crippen LogP contribution >= 0.6 is 0 Å². The van der Waals surface area contributed by atoms with Gasteiger partial charge in [-0.25, -0.2) is 0 Å². The Kier molecular flexibility index (Phi) is 28.2. The van der Waals surface area contributed by atoms with Crippen molar-refractivity contribution in [3.63, 3.8) is 0 Å². The topological polar surface area (TPSA) is 33.6 Å². The smallest absolute Gasteiger partial charge is 0.144 e. The molecule has 8 aromatic carbocycles. The normalized spacial score (nSPS) is 15.8. The van der Waals surface area contributed by atoms with Gasteiger partial charge in [-0.2, -0.15) is 0 Å². The zero-order valence-electron chi connectivity index (χ0n) is 55.8. The van der Waals surface area contributed by atoms with E-state index in [2.05, 4.69) is 302 Å². The SMILES string of the molecule is C/C=C/C=C\C=C/c1ccccc1C1(c2ccccc2C)C(=C/C=C/C)/C(=C\NC(/N=C(\C)c2ccccc2)c2ccccc2)c2cc(C/C(OC)=C(\C)c3ccccc3)ccc21.C=Cc1ccc2c(c1)C(C)(C)c1ccccc1-2.CC.CC.CC.CC. The summed E-state index contributed by atoms with van der Waals surface area (Å²) >= 11 is 0. The van der Waals surface area contributed by atoms with Gasteiger partial charge < -0.3 is 10.1 Å². The maximum absolute atomic E-state index is 6.17. The number of methoxy groups -OCH3 is 1. The van der Waals surface area contributed by atoms with Crippen LogP contribution in [0, 0.1) is 6.92 Å². The minimum absolute atomic E-state index is 0.102. The van der Waals surface area contributed by atoms with Gasteiger partial charge in [-0.15, -0.1) is 0 Å². The summed E-state index contributed by atoms with van der Waals surface area (Å²) in [5, 5.41) is 3.88. The number of allylic oxidation sites excluding steroid dienone is 12. The lowest BCUT2D eigenvalue weighted by atomic mass is 9.65. The Morgan fingerprint density at radius 1 is 0.545 bits per heavy atom. The van der Waals surface area contributed by atoms with Crippen molar-refractivity contribution in [3.05, 3.63) is 345 Å². The number of hydrogen-bond donors (Lipinski definition) is 1. The van der Waals surface area contributed by atoms with E-state index in [0.717, 1.165) is 56.0 Å². The summed E-state index contributed by atoms with van der Waals surface area (Å²) < 4.78 is 6.17. The van der Waals surface area contributed by atoms with Crippen molar-refractivity contribution in [3.8, 4) is 11.1 Å². The molecule has 8 aromatic rings. The van der Waals surface area contributed by atoms with Crippen LogP contribution in [0.4, 0.5) is 0 Å². The van der Waals surface area contributed by atoms with Crippen LogP contribution in [0.2, 0.25) is 0 Å². The third kappa shape index (κ3) is 16.1. The van der Waals surface area contributed by atoms with E-state index in [1.54, 1.807) is 7.11 Å². The predicted octanol–water partition coefficient (Wildman–Crippen LogP) is 23.5. The predicted molar refractivity (Wildman–Crippen MR) is 388 cm³/mol. The summed E-state index contributed by atoms with van der Waals surface area (Å²) in [6.45, 7) is 35.0. The highest BCUT2D eigenvalue weighted by atomic mass is 16.5. The number of aryl methyl sites for hydroxylation is 1. The third-order valence-corrected chi connectivity index (χ3v) is 15.7. The Morgan fingerprint density at radius 2 is 1.10 bits per heavy atom. The van der Waals surface area contributed by atoms with Crippen molar-refractivity contribution in [2.75, 3.05) is 7.11 Å². The molecule has 2 aliphatic carbocycles. The molecule has 0 radical (unpaired) electrons. The van der Waals surface area contributed by atoms with Crippen molar-refractivity contribution in [1.29, 1.82) is 0 Å². The summed E-state index contributed by atoms with van der Waals surface area (Å²) in [5.74, 6) is 0.939. The molecule has 0 saturated carbocycles. The zero-order chi connectivity index (χ0) is 64.1. The molecule has 454 valence electrons. The van der Waals surface area contributed by atoms with E-state index >= 15 is 0 Å². The molecule has 88 heavy (non-hydrogen) atoms. The molecule has 0 saturated heterocycles. The Balaban J connectivity index is 0.000000471. The van der Waals surface area contributed by atoms with Crippen molar-refractivity contribution >= 4 is 29.0 Å². The second-order valence-electron chi connectivity index (χ2n) is 21.0. The maximum atomic E-state index is 6.17. The molecule has 0 bridgehead atoms. The summed E-state index contributed by atoms with van der Waals surface area (Å²) in [5.41, 5.74) is 22.2. The number of fused-ring (bicyclic) bond motifs is 4. The van der Waals surface area contributed by atoms with E-state index in [1.807, 2.05) is 80.5 Å². The second-order valence-corrected chi connectivity index (χ2v) is 21.0. The first kappa shape index (κ1) is 69.7. The molecule has 2 aliphatic rings. The molecule has 3 heteroatoms. The van der Waals surface area contributed by atoms with Gasteiger partial charge in [-0.1, -0.05) is 337 Å². The van der Waals surface area contributed by atoms with Gasteiger partial charge >= 0.3 is 0 Å². The number of aliphatic imine (C=N–C) groups is 1. The first-order chi connectivity index (χ1) is 43.0. The summed E-state index contributed by atoms with van der Waals surface area (Å²) in [6, 6.07) is 71.6. The van der Waals surface area contributed by atoms with E-state index < -0.39 is 5.41 Å². The molecule has 1 N–H and O–H groups in total. The van der Waals surface area contributed by atoms with E-state index in [9.17, 15) is 0 Å². The highest BCUT2D eigenvalue weighted by Crippen LogP contribution is 2.59. The lowest BCUT2D eigenvalue weighted by Crippen LogP contribution is -2.31. The molecular formula is C85H98N2O. The minimum Gasteiger partial charge on any atom is -0.500 e. The van der Waals surface area contributed by atoms with Crippen molar-refractivity contribution in [2.24, 2.45) is 4.99 Å². The van der Waals surface area contributed by atoms with Gasteiger partial charge in [0.1, 0.15) is 11.9 Å². The van der Waals surface area contributed by atoms with Crippen LogP contribution in [-0.2, 0) is 22.0 Å². The lowest BCUT2D eigenvalue weighted by molar-refractivity contribution is 0.285. The summed E-state index contributed by atoms with van der Waals surface area (Å²) in [6.07, 6.45) is 23.7. The Morgan fingerprint density at radius 3 is 1.73 bits per heavy atom. The van der Waals surface area contributed by atoms with Gasteiger partial charge in [0, 0.05) is 29.3 Å². The molecule has 0 aromatic heterocycles. The molecule has 2 unspecified atom stereocenters. The highest BCUT2D eigenvalue weighted by molar-refractivity contribution is 5.99. The van der Waals surface area contributed by atoms with E-state index in [4.69, 9.17) is 9.73 Å². The molecule has 0 aliphatic heterocycles. The van der Waals surface area contributed by atoms with Crippen LogP contribution in [0.3, 0.4) is 0 Å². The number of benzene rings is 8. The van der Waals surface area contributed by atoms with Crippen LogP contribution in [0.15, 0.2) is 278 Å². The number of hydrogen-bond acceptors (Lipinski definition) is 3. The van der Waals surface area contributed by atoms with Gasteiger partial charge in [0.25, 0.3) is 0 Å². The first-order valence-corrected chi connectivity index (χ1v) is 31.9. The van der Waals surface area contributed by atoms with Gasteiger partial charge in [-0.05, 0) is 129 Å². The standard InChI is InChI=1S/C60H58N2O.C17H16.4C2H6/c1-7-9-11-12-16-32-50-33-24-26-38-55(50)60(54-37-25-23-27-44(54)3)56(36-10-8-2)53(43-61-59(51-34-21-15-22-35-51)62-46(5)49-30-19-14-20-31-49)52-41-47(39-40-57(52)60)42-58(63-6)45(4)48-28-17-13-18-29-48;1-4-12-9-10-14-13-7-5-6-8-15(13)17(2,3)16(14)11-12;4*1-2/h7-41,43,59,61H,42H2,1-6H3;4-11H,1H2,2-3H3;4*1-2H3/b9-7+,10-8+,12-11-,32-16-,53-43-,56-36+,58-45-,62-46+;;;;;. The molecule has 3 nitrogen and oxygen atoms in total. The van der Waals surface area contributed by atoms with Crippen molar-refractivity contribution < 1.29 is 4.74 Å². The molecule has 0 fully saturated rings. The summed E-state index contributed by atoms with van der Waals surface area (Å²) in [4.78, 5) is 5.36. The molecular weight excluding hydrogens is 1060 g/mol. The Labute approximate surface area is 531 Å². The number of nitrogens with zero attached hydrogens (tertiary/aromatic N) is 1. The van der Waals surface area contributed by atoms with Crippen molar-refractivity contribution in [1.82, 2.24) is 5.32 Å². The van der Waals surface area contributed by atoms with Crippen LogP contribution in [0.25, 0.3) is 34.4 Å². The molecule has 0 heterocycles. The lowest BCUT2D eigenvalue weighted by Gasteiger charge is -2.36. The van der Waals surface area contributed by atoms with Crippen molar-refractivity contribution in [2.45, 2.75) is 127 Å². The van der Waals surface area contributed by atoms with Gasteiger partial charge in [0.2, 0.25) is 0 Å². The number of ether oxygens (including phenoxy) is 1. The van der Waals surface area contributed by atoms with Crippen LogP contribution < -0.4 is 5.32 Å². The van der Waals surface area contributed by atoms with Gasteiger partial charge in [0.05, 0.1) is 12.5 Å². The van der Waals surface area contributed by atoms with E-state index in [0.29, 0.717) is 6.42 Å². The summed E-state index contributed by atoms with van der Waals surface area (Å²) in [7, 11) is 1.78. The average molecular weight is 1160 g/mol. The van der Waals surface area contributed by atoms with Gasteiger partial charge in [0.15, 0.2) is 0 Å². The highest BCUT2D eigenvalue weighted by Gasteiger charge is 2.50. The largest absolute Gasteiger partial charge is 0.500 e. The number of nitrogens with one attached hydrogen (secondary N) is 1. The molecule has 0 amide bonds. The Hall–Kier alpha value is -9.05. The minimum atomic E-state index is -0.689. The van der Waals surface area contributed by atoms with E-state index in [-0.39, 0.29) is 11.6 Å². The maximum Gasteiger partial charge on any atom is 0.144 e. The molecule has 2 atom stereocenters. The fourth-order valence-electron chi connectivity index (χ4n) is 11.6. The Bertz CT molecular complexity index is 3730. The first-order valence-electron chi connectivity index (χ1n) is 31.9. The quantitative estimate of drug-likeness (QED) is 0.0594. The fraction of sp³-hybridized carbons (Fsp3) is 0.235. The second kappa shape index (κ2) is 35.5. The van der Waals surface area contributed by atoms with Crippen LogP contribution in [0.5, 0.6) is 0 Å². The number of rotatable bonds is 16. The monoisotopic (exact) mass is 1160 g/mol. The molecule has 0 spiro atoms. The van der Waals surface area contributed by atoms with Crippen LogP contribution in [-0.4, -0.2) is 12.8 Å². The van der Waals surface area contributed by atoms with Gasteiger partial charge in [-0.3, -0.25) is 4.99 Å². The average Bonchev–Trinajstić information content (AvgIpc) is 1.59. The van der Waals surface area contributed by atoms with E-state index in [1.165, 1.54) is 55.6 Å². The fourth-order valence-corrected chi connectivity index (χ4v) is 11.6. The third-order valence-electron chi connectivity index (χ3n) is 15.7. The van der Waals surface area contributed by atoms with Crippen LogP contribution in [0.1, 0.15) is 175 Å².